The predicted octanol–water partition coefficient (Wildman–Crippen LogP) is 5.29. The number of amides is 1. The van der Waals surface area contributed by atoms with Crippen molar-refractivity contribution in [1.29, 1.82) is 0 Å². The van der Waals surface area contributed by atoms with E-state index in [4.69, 9.17) is 14.2 Å². The smallest absolute Gasteiger partial charge is 0.225 e. The second kappa shape index (κ2) is 10.3. The van der Waals surface area contributed by atoms with E-state index in [2.05, 4.69) is 5.32 Å². The first-order valence-corrected chi connectivity index (χ1v) is 12.1. The van der Waals surface area contributed by atoms with Crippen molar-refractivity contribution in [1.82, 2.24) is 5.32 Å². The summed E-state index contributed by atoms with van der Waals surface area (Å²) in [6.07, 6.45) is 1.22. The van der Waals surface area contributed by atoms with Gasteiger partial charge in [-0.05, 0) is 53.3 Å². The third kappa shape index (κ3) is 4.85. The van der Waals surface area contributed by atoms with E-state index in [0.29, 0.717) is 36.5 Å². The summed E-state index contributed by atoms with van der Waals surface area (Å²) in [6, 6.07) is 23.4. The van der Waals surface area contributed by atoms with Crippen molar-refractivity contribution in [3.05, 3.63) is 101 Å². The number of methoxy groups -OCH3 is 2. The molecule has 0 fully saturated rings. The Balaban J connectivity index is 1.42. The molecule has 1 N–H and O–H groups in total. The minimum atomic E-state index is -0.315. The van der Waals surface area contributed by atoms with Crippen molar-refractivity contribution in [2.45, 2.75) is 37.7 Å². The lowest BCUT2D eigenvalue weighted by Gasteiger charge is -2.34. The molecule has 3 aromatic carbocycles. The summed E-state index contributed by atoms with van der Waals surface area (Å²) in [5.41, 5.74) is 4.39. The van der Waals surface area contributed by atoms with Crippen molar-refractivity contribution in [3.8, 4) is 17.2 Å². The average molecular weight is 484 g/mol. The molecule has 5 rings (SSSR count). The number of carbonyl (C=O) groups excluding carboxylic acids is 2. The van der Waals surface area contributed by atoms with Gasteiger partial charge in [0.1, 0.15) is 12.4 Å². The standard InChI is InChI=1S/C30H29NO5/c1-34-23-10-6-9-20(13-23)22-14-25-30(26(32)15-22)24(17-29(33)31-25)21-11-12-27(28(16-21)35-2)36-18-19-7-4-3-5-8-19/h3-13,16,22,24H,14-15,17-18H2,1-2H3,(H,31,33). The van der Waals surface area contributed by atoms with Crippen LogP contribution in [0.1, 0.15) is 47.8 Å². The van der Waals surface area contributed by atoms with E-state index in [9.17, 15) is 9.59 Å². The van der Waals surface area contributed by atoms with Crippen LogP contribution in [0.4, 0.5) is 0 Å². The van der Waals surface area contributed by atoms with Gasteiger partial charge in [-0.3, -0.25) is 9.59 Å². The zero-order chi connectivity index (χ0) is 25.1. The SMILES string of the molecule is COc1cccc(C2CC(=O)C3=C(C2)NC(=O)CC3c2ccc(OCc3ccccc3)c(OC)c2)c1. The first-order valence-electron chi connectivity index (χ1n) is 12.1. The molecule has 184 valence electrons. The van der Waals surface area contributed by atoms with Gasteiger partial charge in [-0.25, -0.2) is 0 Å². The molecule has 2 atom stereocenters. The van der Waals surface area contributed by atoms with Crippen molar-refractivity contribution in [3.63, 3.8) is 0 Å². The molecule has 2 aliphatic rings. The van der Waals surface area contributed by atoms with Gasteiger partial charge in [-0.2, -0.15) is 0 Å². The lowest BCUT2D eigenvalue weighted by Crippen LogP contribution is -2.38. The summed E-state index contributed by atoms with van der Waals surface area (Å²) in [7, 11) is 3.22. The van der Waals surface area contributed by atoms with Gasteiger partial charge in [0, 0.05) is 30.0 Å². The fraction of sp³-hybridized carbons (Fsp3) is 0.267. The molecule has 0 spiro atoms. The number of allylic oxidation sites excluding steroid dienone is 2. The molecule has 3 aromatic rings. The van der Waals surface area contributed by atoms with E-state index in [1.165, 1.54) is 0 Å². The number of ketones is 1. The highest BCUT2D eigenvalue weighted by molar-refractivity contribution is 6.02. The summed E-state index contributed by atoms with van der Waals surface area (Å²) in [5, 5.41) is 2.99. The summed E-state index contributed by atoms with van der Waals surface area (Å²) >= 11 is 0. The van der Waals surface area contributed by atoms with Crippen LogP contribution in [0.25, 0.3) is 0 Å². The van der Waals surface area contributed by atoms with E-state index in [1.54, 1.807) is 14.2 Å². The maximum atomic E-state index is 13.4. The minimum Gasteiger partial charge on any atom is -0.497 e. The summed E-state index contributed by atoms with van der Waals surface area (Å²) in [4.78, 5) is 26.1. The van der Waals surface area contributed by atoms with Crippen LogP contribution < -0.4 is 19.5 Å². The molecular formula is C30H29NO5. The summed E-state index contributed by atoms with van der Waals surface area (Å²) in [5.74, 6) is 1.62. The van der Waals surface area contributed by atoms with Gasteiger partial charge in [0.2, 0.25) is 5.91 Å². The first kappa shape index (κ1) is 23.7. The Bertz CT molecular complexity index is 1310. The molecule has 0 aromatic heterocycles. The van der Waals surface area contributed by atoms with Gasteiger partial charge in [-0.15, -0.1) is 0 Å². The topological polar surface area (TPSA) is 73.9 Å². The Labute approximate surface area is 210 Å². The summed E-state index contributed by atoms with van der Waals surface area (Å²) in [6.45, 7) is 0.418. The fourth-order valence-corrected chi connectivity index (χ4v) is 5.13. The van der Waals surface area contributed by atoms with Crippen LogP contribution in [-0.4, -0.2) is 25.9 Å². The number of ether oxygens (including phenoxy) is 3. The second-order valence-electron chi connectivity index (χ2n) is 9.19. The molecule has 0 saturated carbocycles. The van der Waals surface area contributed by atoms with Gasteiger partial charge in [0.05, 0.1) is 14.2 Å². The Hall–Kier alpha value is -4.06. The van der Waals surface area contributed by atoms with E-state index >= 15 is 0 Å². The van der Waals surface area contributed by atoms with Crippen molar-refractivity contribution >= 4 is 11.7 Å². The average Bonchev–Trinajstić information content (AvgIpc) is 2.91. The van der Waals surface area contributed by atoms with Crippen LogP contribution in [-0.2, 0) is 16.2 Å². The van der Waals surface area contributed by atoms with E-state index in [-0.39, 0.29) is 29.9 Å². The van der Waals surface area contributed by atoms with Crippen LogP contribution in [0.15, 0.2) is 84.1 Å². The van der Waals surface area contributed by atoms with Crippen LogP contribution in [0, 0.1) is 0 Å². The molecule has 0 saturated heterocycles. The van der Waals surface area contributed by atoms with Crippen LogP contribution in [0.3, 0.4) is 0 Å². The third-order valence-corrected chi connectivity index (χ3v) is 6.93. The molecule has 6 heteroatoms. The molecule has 2 unspecified atom stereocenters. The highest BCUT2D eigenvalue weighted by Gasteiger charge is 2.38. The minimum absolute atomic E-state index is 0.00583. The quantitative estimate of drug-likeness (QED) is 0.495. The summed E-state index contributed by atoms with van der Waals surface area (Å²) < 4.78 is 17.0. The number of benzene rings is 3. The number of Topliss-reactive ketones (excluding diaryl/α,β-unsaturated/α-hetero) is 1. The molecule has 1 amide bonds. The molecule has 1 aliphatic carbocycles. The second-order valence-corrected chi connectivity index (χ2v) is 9.19. The Morgan fingerprint density at radius 1 is 0.806 bits per heavy atom. The Morgan fingerprint density at radius 3 is 2.42 bits per heavy atom. The zero-order valence-electron chi connectivity index (χ0n) is 20.5. The molecule has 1 heterocycles. The molecule has 6 nitrogen and oxygen atoms in total. The van der Waals surface area contributed by atoms with Gasteiger partial charge in [0.15, 0.2) is 17.3 Å². The first-order chi connectivity index (χ1) is 17.6. The third-order valence-electron chi connectivity index (χ3n) is 6.93. The maximum absolute atomic E-state index is 13.4. The largest absolute Gasteiger partial charge is 0.497 e. The van der Waals surface area contributed by atoms with Crippen molar-refractivity contribution < 1.29 is 23.8 Å². The number of carbonyl (C=O) groups is 2. The lowest BCUT2D eigenvalue weighted by atomic mass is 9.73. The molecule has 0 bridgehead atoms. The highest BCUT2D eigenvalue weighted by atomic mass is 16.5. The van der Waals surface area contributed by atoms with Gasteiger partial charge >= 0.3 is 0 Å². The number of rotatable bonds is 7. The lowest BCUT2D eigenvalue weighted by molar-refractivity contribution is -0.122. The Morgan fingerprint density at radius 2 is 1.64 bits per heavy atom. The Kier molecular flexibility index (Phi) is 6.76. The van der Waals surface area contributed by atoms with Crippen molar-refractivity contribution in [2.24, 2.45) is 0 Å². The molecule has 0 radical (unpaired) electrons. The van der Waals surface area contributed by atoms with Gasteiger partial charge < -0.3 is 19.5 Å². The highest BCUT2D eigenvalue weighted by Crippen LogP contribution is 2.44. The van der Waals surface area contributed by atoms with E-state index in [1.807, 2.05) is 72.8 Å². The molecule has 36 heavy (non-hydrogen) atoms. The van der Waals surface area contributed by atoms with Crippen LogP contribution in [0.5, 0.6) is 17.2 Å². The van der Waals surface area contributed by atoms with Crippen LogP contribution in [0.2, 0.25) is 0 Å². The monoisotopic (exact) mass is 483 g/mol. The zero-order valence-corrected chi connectivity index (χ0v) is 20.5. The molecular weight excluding hydrogens is 454 g/mol. The van der Waals surface area contributed by atoms with Crippen molar-refractivity contribution in [2.75, 3.05) is 14.2 Å². The maximum Gasteiger partial charge on any atom is 0.225 e. The van der Waals surface area contributed by atoms with Gasteiger partial charge in [-0.1, -0.05) is 48.5 Å². The number of hydrogen-bond acceptors (Lipinski definition) is 5. The number of hydrogen-bond donors (Lipinski definition) is 1. The van der Waals surface area contributed by atoms with E-state index in [0.717, 1.165) is 28.1 Å². The predicted molar refractivity (Wildman–Crippen MR) is 136 cm³/mol. The molecule has 1 aliphatic heterocycles. The van der Waals surface area contributed by atoms with E-state index < -0.39 is 0 Å². The normalized spacial score (nSPS) is 19.4. The fourth-order valence-electron chi connectivity index (χ4n) is 5.13. The van der Waals surface area contributed by atoms with Gasteiger partial charge in [0.25, 0.3) is 0 Å². The number of nitrogens with one attached hydrogen (secondary N) is 1. The van der Waals surface area contributed by atoms with Crippen LogP contribution >= 0.6 is 0 Å².